The number of rotatable bonds is 4. The largest absolute Gasteiger partial charge is 0.435 e. The Morgan fingerprint density at radius 3 is 2.56 bits per heavy atom. The third kappa shape index (κ3) is 4.07. The molecule has 164 valence electrons. The molecule has 5 nitrogen and oxygen atoms in total. The number of fused-ring (bicyclic) bond motifs is 1. The molecule has 3 aromatic heterocycles. The molecule has 1 aliphatic rings. The second-order valence-corrected chi connectivity index (χ2v) is 9.43. The maximum atomic E-state index is 13.3. The van der Waals surface area contributed by atoms with Gasteiger partial charge < -0.3 is 0 Å². The molecule has 1 aromatic carbocycles. The van der Waals surface area contributed by atoms with Crippen LogP contribution in [0, 0.1) is 0 Å². The minimum atomic E-state index is -4.55. The number of carbonyl (C=O) groups excluding carboxylic acids is 1. The zero-order chi connectivity index (χ0) is 22.3. The molecule has 1 amide bonds. The van der Waals surface area contributed by atoms with Gasteiger partial charge in [-0.2, -0.15) is 18.3 Å². The van der Waals surface area contributed by atoms with Crippen molar-refractivity contribution in [2.45, 2.75) is 31.9 Å². The van der Waals surface area contributed by atoms with E-state index in [9.17, 15) is 18.0 Å². The average molecular weight is 475 g/mol. The first-order chi connectivity index (χ1) is 15.4. The smallest absolute Gasteiger partial charge is 0.298 e. The highest BCUT2D eigenvalue weighted by molar-refractivity contribution is 7.16. The fourth-order valence-electron chi connectivity index (χ4n) is 3.65. The lowest BCUT2D eigenvalue weighted by molar-refractivity contribution is -0.141. The van der Waals surface area contributed by atoms with Crippen LogP contribution in [0.15, 0.2) is 47.8 Å². The van der Waals surface area contributed by atoms with Crippen LogP contribution in [0.1, 0.15) is 39.5 Å². The molecule has 5 rings (SSSR count). The number of nitrogens with zero attached hydrogens (tertiary/aromatic N) is 3. The van der Waals surface area contributed by atoms with Crippen molar-refractivity contribution in [3.8, 4) is 16.3 Å². The van der Waals surface area contributed by atoms with Crippen LogP contribution in [0.2, 0.25) is 0 Å². The summed E-state index contributed by atoms with van der Waals surface area (Å²) in [7, 11) is 0. The fraction of sp³-hybridized carbons (Fsp3) is 0.227. The van der Waals surface area contributed by atoms with E-state index in [4.69, 9.17) is 0 Å². The molecule has 0 radical (unpaired) electrons. The van der Waals surface area contributed by atoms with Crippen LogP contribution >= 0.6 is 22.7 Å². The monoisotopic (exact) mass is 474 g/mol. The summed E-state index contributed by atoms with van der Waals surface area (Å²) in [5.74, 6) is -0.308. The van der Waals surface area contributed by atoms with Gasteiger partial charge in [-0.25, -0.2) is 9.67 Å². The van der Waals surface area contributed by atoms with E-state index in [-0.39, 0.29) is 5.91 Å². The number of nitrogens with one attached hydrogen (secondary N) is 1. The number of thiazole rings is 1. The Balaban J connectivity index is 1.40. The summed E-state index contributed by atoms with van der Waals surface area (Å²) in [4.78, 5) is 19.1. The van der Waals surface area contributed by atoms with E-state index in [0.717, 1.165) is 37.4 Å². The predicted molar refractivity (Wildman–Crippen MR) is 119 cm³/mol. The van der Waals surface area contributed by atoms with Crippen LogP contribution in [0.5, 0.6) is 0 Å². The third-order valence-electron chi connectivity index (χ3n) is 5.21. The van der Waals surface area contributed by atoms with E-state index in [1.54, 1.807) is 41.8 Å². The standard InChI is InChI=1S/C22H17F3N4OS2/c23-22(24,25)19-12-16(18-6-3-11-31-18)29(28-19)14-9-7-13(8-10-14)20(30)27-21-26-15-4-1-2-5-17(15)32-21/h3,6-12H,1-2,4-5H2,(H,26,27,30). The van der Waals surface area contributed by atoms with E-state index < -0.39 is 11.9 Å². The number of benzene rings is 1. The Hall–Kier alpha value is -2.98. The lowest BCUT2D eigenvalue weighted by Crippen LogP contribution is -2.12. The third-order valence-corrected chi connectivity index (χ3v) is 7.18. The SMILES string of the molecule is O=C(Nc1nc2c(s1)CCCC2)c1ccc(-n2nc(C(F)(F)F)cc2-c2cccs2)cc1. The highest BCUT2D eigenvalue weighted by Gasteiger charge is 2.35. The van der Waals surface area contributed by atoms with Crippen molar-refractivity contribution in [2.75, 3.05) is 5.32 Å². The summed E-state index contributed by atoms with van der Waals surface area (Å²) in [6, 6.07) is 10.9. The maximum Gasteiger partial charge on any atom is 0.435 e. The van der Waals surface area contributed by atoms with Crippen molar-refractivity contribution < 1.29 is 18.0 Å². The molecule has 0 fully saturated rings. The minimum Gasteiger partial charge on any atom is -0.298 e. The van der Waals surface area contributed by atoms with Crippen LogP contribution in [0.25, 0.3) is 16.3 Å². The molecule has 1 N–H and O–H groups in total. The summed E-state index contributed by atoms with van der Waals surface area (Å²) in [6.07, 6.45) is -0.367. The van der Waals surface area contributed by atoms with E-state index in [2.05, 4.69) is 15.4 Å². The molecule has 32 heavy (non-hydrogen) atoms. The Morgan fingerprint density at radius 2 is 1.88 bits per heavy atom. The van der Waals surface area contributed by atoms with Gasteiger partial charge in [0, 0.05) is 10.4 Å². The number of hydrogen-bond acceptors (Lipinski definition) is 5. The van der Waals surface area contributed by atoms with E-state index in [0.29, 0.717) is 27.0 Å². The number of thiophene rings is 1. The lowest BCUT2D eigenvalue weighted by atomic mass is 10.0. The molecule has 0 saturated heterocycles. The number of halogens is 3. The normalized spacial score (nSPS) is 13.7. The number of aromatic nitrogens is 3. The van der Waals surface area contributed by atoms with Gasteiger partial charge in [0.1, 0.15) is 0 Å². The second-order valence-electron chi connectivity index (χ2n) is 7.40. The summed E-state index contributed by atoms with van der Waals surface area (Å²) in [5.41, 5.74) is 1.27. The van der Waals surface area contributed by atoms with Crippen molar-refractivity contribution >= 4 is 33.7 Å². The van der Waals surface area contributed by atoms with Crippen molar-refractivity contribution in [1.82, 2.24) is 14.8 Å². The molecular weight excluding hydrogens is 457 g/mol. The topological polar surface area (TPSA) is 59.8 Å². The number of hydrogen-bond donors (Lipinski definition) is 1. The first-order valence-electron chi connectivity index (χ1n) is 10.00. The molecule has 0 aliphatic heterocycles. The Labute approximate surface area is 189 Å². The highest BCUT2D eigenvalue weighted by Crippen LogP contribution is 2.35. The summed E-state index contributed by atoms with van der Waals surface area (Å²) < 4.78 is 41.1. The molecular formula is C22H17F3N4OS2. The van der Waals surface area contributed by atoms with Crippen molar-refractivity contribution in [2.24, 2.45) is 0 Å². The van der Waals surface area contributed by atoms with Crippen LogP contribution in [0.4, 0.5) is 18.3 Å². The van der Waals surface area contributed by atoms with Crippen LogP contribution in [-0.2, 0) is 19.0 Å². The van der Waals surface area contributed by atoms with Gasteiger partial charge in [-0.15, -0.1) is 22.7 Å². The predicted octanol–water partition coefficient (Wildman–Crippen LogP) is 6.21. The molecule has 4 aromatic rings. The Bertz CT molecular complexity index is 1230. The van der Waals surface area contributed by atoms with E-state index in [1.807, 2.05) is 0 Å². The molecule has 0 saturated carbocycles. The molecule has 0 spiro atoms. The number of alkyl halides is 3. The van der Waals surface area contributed by atoms with E-state index >= 15 is 0 Å². The van der Waals surface area contributed by atoms with Gasteiger partial charge in [-0.05, 0) is 67.5 Å². The van der Waals surface area contributed by atoms with Gasteiger partial charge in [0.2, 0.25) is 0 Å². The maximum absolute atomic E-state index is 13.3. The Morgan fingerprint density at radius 1 is 1.09 bits per heavy atom. The molecule has 0 atom stereocenters. The van der Waals surface area contributed by atoms with Gasteiger partial charge in [0.05, 0.1) is 22.0 Å². The summed E-state index contributed by atoms with van der Waals surface area (Å²) >= 11 is 2.83. The Kier molecular flexibility index (Phi) is 5.34. The van der Waals surface area contributed by atoms with Gasteiger partial charge in [-0.1, -0.05) is 6.07 Å². The minimum absolute atomic E-state index is 0.308. The molecule has 0 bridgehead atoms. The number of amides is 1. The number of carbonyl (C=O) groups is 1. The van der Waals surface area contributed by atoms with Crippen molar-refractivity contribution in [1.29, 1.82) is 0 Å². The zero-order valence-corrected chi connectivity index (χ0v) is 18.3. The highest BCUT2D eigenvalue weighted by atomic mass is 32.1. The number of aryl methyl sites for hydroxylation is 2. The number of anilines is 1. The van der Waals surface area contributed by atoms with Crippen LogP contribution in [0.3, 0.4) is 0 Å². The second kappa shape index (κ2) is 8.18. The molecule has 10 heteroatoms. The fourth-order valence-corrected chi connectivity index (χ4v) is 5.42. The summed E-state index contributed by atoms with van der Waals surface area (Å²) in [6.45, 7) is 0. The van der Waals surface area contributed by atoms with Crippen molar-refractivity contribution in [3.05, 3.63) is 69.7 Å². The summed E-state index contributed by atoms with van der Waals surface area (Å²) in [5, 5.41) is 8.98. The van der Waals surface area contributed by atoms with Gasteiger partial charge in [0.25, 0.3) is 5.91 Å². The zero-order valence-electron chi connectivity index (χ0n) is 16.6. The molecule has 1 aliphatic carbocycles. The van der Waals surface area contributed by atoms with Crippen LogP contribution in [-0.4, -0.2) is 20.7 Å². The van der Waals surface area contributed by atoms with Crippen molar-refractivity contribution in [3.63, 3.8) is 0 Å². The van der Waals surface area contributed by atoms with E-state index in [1.165, 1.54) is 32.2 Å². The molecule has 3 heterocycles. The first-order valence-corrected chi connectivity index (χ1v) is 11.7. The van der Waals surface area contributed by atoms with Gasteiger partial charge >= 0.3 is 6.18 Å². The first kappa shape index (κ1) is 20.9. The molecule has 0 unspecified atom stereocenters. The average Bonchev–Trinajstić information content (AvgIpc) is 3.51. The van der Waals surface area contributed by atoms with Gasteiger partial charge in [0.15, 0.2) is 10.8 Å². The lowest BCUT2D eigenvalue weighted by Gasteiger charge is -2.08. The van der Waals surface area contributed by atoms with Gasteiger partial charge in [-0.3, -0.25) is 10.1 Å². The van der Waals surface area contributed by atoms with Crippen LogP contribution < -0.4 is 5.32 Å². The quantitative estimate of drug-likeness (QED) is 0.383.